The zero-order valence-electron chi connectivity index (χ0n) is 15.0. The molecule has 1 atom stereocenters. The monoisotopic (exact) mass is 394 g/mol. The molecule has 2 aromatic heterocycles. The Bertz CT molecular complexity index is 810. The van der Waals surface area contributed by atoms with Crippen LogP contribution in [0, 0.1) is 0 Å². The number of ether oxygens (including phenoxy) is 1. The molecule has 3 N–H and O–H groups in total. The molecule has 2 amide bonds. The molecule has 0 bridgehead atoms. The molecule has 0 radical (unpaired) electrons. The highest BCUT2D eigenvalue weighted by Crippen LogP contribution is 2.26. The van der Waals surface area contributed by atoms with Gasteiger partial charge in [-0.05, 0) is 42.8 Å². The molecule has 0 saturated carbocycles. The summed E-state index contributed by atoms with van der Waals surface area (Å²) in [5.41, 5.74) is 6.63. The van der Waals surface area contributed by atoms with Gasteiger partial charge in [-0.15, -0.1) is 22.7 Å². The number of esters is 1. The maximum Gasteiger partial charge on any atom is 0.349 e. The Balaban J connectivity index is 2.03. The molecule has 2 aromatic rings. The molecule has 0 fully saturated rings. The highest BCUT2D eigenvalue weighted by Gasteiger charge is 2.23. The van der Waals surface area contributed by atoms with Gasteiger partial charge < -0.3 is 15.8 Å². The van der Waals surface area contributed by atoms with Crippen molar-refractivity contribution in [3.8, 4) is 0 Å². The maximum atomic E-state index is 12.4. The molecule has 0 spiro atoms. The number of anilines is 1. The topological polar surface area (TPSA) is 98.5 Å². The minimum Gasteiger partial charge on any atom is -0.448 e. The second kappa shape index (κ2) is 8.95. The van der Waals surface area contributed by atoms with Crippen LogP contribution in [0.4, 0.5) is 5.00 Å². The van der Waals surface area contributed by atoms with Gasteiger partial charge in [-0.3, -0.25) is 9.59 Å². The van der Waals surface area contributed by atoms with E-state index in [4.69, 9.17) is 10.5 Å². The number of carbonyl (C=O) groups excluding carboxylic acids is 3. The van der Waals surface area contributed by atoms with E-state index in [1.165, 1.54) is 40.5 Å². The molecule has 8 heteroatoms. The summed E-state index contributed by atoms with van der Waals surface area (Å²) < 4.78 is 5.29. The van der Waals surface area contributed by atoms with E-state index in [1.807, 2.05) is 13.0 Å². The van der Waals surface area contributed by atoms with Crippen LogP contribution in [0.2, 0.25) is 0 Å². The zero-order chi connectivity index (χ0) is 19.3. The third-order valence-electron chi connectivity index (χ3n) is 3.78. The lowest BCUT2D eigenvalue weighted by molar-refractivity contribution is -0.123. The van der Waals surface area contributed by atoms with E-state index in [-0.39, 0.29) is 5.56 Å². The van der Waals surface area contributed by atoms with Crippen molar-refractivity contribution in [1.29, 1.82) is 0 Å². The molecule has 2 heterocycles. The summed E-state index contributed by atoms with van der Waals surface area (Å²) in [4.78, 5) is 37.6. The smallest absolute Gasteiger partial charge is 0.349 e. The third-order valence-corrected chi connectivity index (χ3v) is 5.82. The standard InChI is InChI=1S/C18H22N2O4S2/c1-4-6-13-11(5-2)9-14(26-13)18(23)24-10(3)16(22)20-17-12(15(19)21)7-8-25-17/h7-10H,4-6H2,1-3H3,(H2,19,21)(H,20,22)/t10-/m0/s1. The van der Waals surface area contributed by atoms with Crippen molar-refractivity contribution in [2.45, 2.75) is 46.1 Å². The summed E-state index contributed by atoms with van der Waals surface area (Å²) in [6.45, 7) is 5.63. The van der Waals surface area contributed by atoms with Crippen LogP contribution in [0.25, 0.3) is 0 Å². The molecule has 26 heavy (non-hydrogen) atoms. The number of amides is 2. The molecule has 0 aromatic carbocycles. The fraction of sp³-hybridized carbons (Fsp3) is 0.389. The zero-order valence-corrected chi connectivity index (χ0v) is 16.6. The summed E-state index contributed by atoms with van der Waals surface area (Å²) >= 11 is 2.60. The third kappa shape index (κ3) is 4.70. The molecule has 0 aliphatic rings. The van der Waals surface area contributed by atoms with Gasteiger partial charge in [0.05, 0.1) is 5.56 Å². The number of aryl methyl sites for hydroxylation is 2. The van der Waals surface area contributed by atoms with Crippen LogP contribution in [0.15, 0.2) is 17.5 Å². The normalized spacial score (nSPS) is 11.8. The summed E-state index contributed by atoms with van der Waals surface area (Å²) in [5, 5.41) is 4.58. The Morgan fingerprint density at radius 2 is 2.04 bits per heavy atom. The van der Waals surface area contributed by atoms with E-state index in [1.54, 1.807) is 5.38 Å². The number of primary amides is 1. The predicted molar refractivity (Wildman–Crippen MR) is 104 cm³/mol. The van der Waals surface area contributed by atoms with Gasteiger partial charge in [-0.2, -0.15) is 0 Å². The average molecular weight is 395 g/mol. The minimum atomic E-state index is -0.993. The predicted octanol–water partition coefficient (Wildman–Crippen LogP) is 3.61. The van der Waals surface area contributed by atoms with Gasteiger partial charge in [-0.1, -0.05) is 20.3 Å². The Morgan fingerprint density at radius 3 is 2.65 bits per heavy atom. The van der Waals surface area contributed by atoms with Crippen LogP contribution in [0.3, 0.4) is 0 Å². The minimum absolute atomic E-state index is 0.233. The van der Waals surface area contributed by atoms with Gasteiger partial charge in [0.1, 0.15) is 9.88 Å². The summed E-state index contributed by atoms with van der Waals surface area (Å²) in [5.74, 6) is -1.65. The van der Waals surface area contributed by atoms with Crippen molar-refractivity contribution in [3.63, 3.8) is 0 Å². The van der Waals surface area contributed by atoms with Gasteiger partial charge >= 0.3 is 5.97 Å². The molecule has 2 rings (SSSR count). The lowest BCUT2D eigenvalue weighted by Gasteiger charge is -2.12. The second-order valence-corrected chi connectivity index (χ2v) is 7.78. The molecule has 0 unspecified atom stereocenters. The van der Waals surface area contributed by atoms with E-state index < -0.39 is 23.9 Å². The average Bonchev–Trinajstić information content (AvgIpc) is 3.21. The Labute approximate surface area is 160 Å². The summed E-state index contributed by atoms with van der Waals surface area (Å²) in [6, 6.07) is 3.37. The molecule has 140 valence electrons. The van der Waals surface area contributed by atoms with Gasteiger partial charge in [0.15, 0.2) is 6.10 Å². The number of thiophene rings is 2. The maximum absolute atomic E-state index is 12.4. The molecule has 0 aliphatic carbocycles. The van der Waals surface area contributed by atoms with Crippen molar-refractivity contribution in [1.82, 2.24) is 0 Å². The SMILES string of the molecule is CCCc1sc(C(=O)O[C@@H](C)C(=O)Nc2sccc2C(N)=O)cc1CC. The number of hydrogen-bond donors (Lipinski definition) is 2. The molecular formula is C18H22N2O4S2. The van der Waals surface area contributed by atoms with Gasteiger partial charge in [0, 0.05) is 4.88 Å². The Morgan fingerprint density at radius 1 is 1.31 bits per heavy atom. The molecule has 0 saturated heterocycles. The van der Waals surface area contributed by atoms with E-state index >= 15 is 0 Å². The van der Waals surface area contributed by atoms with Crippen LogP contribution in [-0.2, 0) is 22.4 Å². The van der Waals surface area contributed by atoms with Gasteiger partial charge in [0.25, 0.3) is 11.8 Å². The number of carbonyl (C=O) groups is 3. The molecular weight excluding hydrogens is 372 g/mol. The van der Waals surface area contributed by atoms with E-state index in [0.717, 1.165) is 24.8 Å². The van der Waals surface area contributed by atoms with Crippen LogP contribution in [0.1, 0.15) is 57.7 Å². The van der Waals surface area contributed by atoms with Gasteiger partial charge in [-0.25, -0.2) is 4.79 Å². The van der Waals surface area contributed by atoms with Crippen LogP contribution in [0.5, 0.6) is 0 Å². The number of nitrogens with two attached hydrogens (primary N) is 1. The fourth-order valence-electron chi connectivity index (χ4n) is 2.39. The molecule has 6 nitrogen and oxygen atoms in total. The van der Waals surface area contributed by atoms with Crippen molar-refractivity contribution in [2.24, 2.45) is 5.73 Å². The van der Waals surface area contributed by atoms with E-state index in [2.05, 4.69) is 12.2 Å². The largest absolute Gasteiger partial charge is 0.448 e. The Hall–Kier alpha value is -2.19. The summed E-state index contributed by atoms with van der Waals surface area (Å²) in [7, 11) is 0. The van der Waals surface area contributed by atoms with Crippen molar-refractivity contribution < 1.29 is 19.1 Å². The first-order valence-electron chi connectivity index (χ1n) is 8.38. The fourth-order valence-corrected chi connectivity index (χ4v) is 4.42. The van der Waals surface area contributed by atoms with Crippen LogP contribution in [-0.4, -0.2) is 23.9 Å². The lowest BCUT2D eigenvalue weighted by Crippen LogP contribution is -2.30. The first kappa shape index (κ1) is 20.1. The van der Waals surface area contributed by atoms with Crippen molar-refractivity contribution >= 4 is 45.5 Å². The van der Waals surface area contributed by atoms with Crippen molar-refractivity contribution in [3.05, 3.63) is 38.4 Å². The first-order chi connectivity index (χ1) is 12.4. The lowest BCUT2D eigenvalue weighted by atomic mass is 10.1. The van der Waals surface area contributed by atoms with Crippen LogP contribution >= 0.6 is 22.7 Å². The number of rotatable bonds is 8. The quantitative estimate of drug-likeness (QED) is 0.668. The van der Waals surface area contributed by atoms with E-state index in [9.17, 15) is 14.4 Å². The van der Waals surface area contributed by atoms with Gasteiger partial charge in [0.2, 0.25) is 0 Å². The summed E-state index contributed by atoms with van der Waals surface area (Å²) in [6.07, 6.45) is 1.78. The van der Waals surface area contributed by atoms with Crippen LogP contribution < -0.4 is 11.1 Å². The number of hydrogen-bond acceptors (Lipinski definition) is 6. The first-order valence-corrected chi connectivity index (χ1v) is 10.1. The highest BCUT2D eigenvalue weighted by atomic mass is 32.1. The second-order valence-electron chi connectivity index (χ2n) is 5.73. The van der Waals surface area contributed by atoms with E-state index in [0.29, 0.717) is 9.88 Å². The van der Waals surface area contributed by atoms with Crippen molar-refractivity contribution in [2.75, 3.05) is 5.32 Å². The number of nitrogens with one attached hydrogen (secondary N) is 1. The molecule has 0 aliphatic heterocycles. The highest BCUT2D eigenvalue weighted by molar-refractivity contribution is 7.15. The Kier molecular flexibility index (Phi) is 6.93.